The van der Waals surface area contributed by atoms with E-state index in [1.807, 2.05) is 4.90 Å². The number of nitrogens with zero attached hydrogens (tertiary/aromatic N) is 1. The van der Waals surface area contributed by atoms with Gasteiger partial charge in [-0.15, -0.1) is 0 Å². The van der Waals surface area contributed by atoms with Crippen molar-refractivity contribution in [2.75, 3.05) is 19.6 Å². The first-order valence-electron chi connectivity index (χ1n) is 5.95. The smallest absolute Gasteiger partial charge is 0.236 e. The summed E-state index contributed by atoms with van der Waals surface area (Å²) in [6.07, 6.45) is 2.60. The highest BCUT2D eigenvalue weighted by atomic mass is 16.2. The molecular formula is C12H24N2O. The molecule has 0 heterocycles. The van der Waals surface area contributed by atoms with Gasteiger partial charge in [0, 0.05) is 18.6 Å². The Balaban J connectivity index is 2.28. The molecular weight excluding hydrogens is 188 g/mol. The van der Waals surface area contributed by atoms with Gasteiger partial charge in [0.15, 0.2) is 0 Å². The summed E-state index contributed by atoms with van der Waals surface area (Å²) in [5.74, 6) is 1.02. The van der Waals surface area contributed by atoms with Crippen molar-refractivity contribution in [1.82, 2.24) is 10.2 Å². The molecule has 0 atom stereocenters. The molecule has 0 aromatic carbocycles. The zero-order chi connectivity index (χ0) is 11.5. The number of hydrogen-bond acceptors (Lipinski definition) is 2. The summed E-state index contributed by atoms with van der Waals surface area (Å²) in [4.78, 5) is 13.8. The van der Waals surface area contributed by atoms with Crippen molar-refractivity contribution in [2.24, 2.45) is 5.92 Å². The first-order chi connectivity index (χ1) is 6.92. The molecule has 1 aliphatic rings. The Morgan fingerprint density at radius 3 is 2.40 bits per heavy atom. The lowest BCUT2D eigenvalue weighted by atomic mass is 10.1. The summed E-state index contributed by atoms with van der Waals surface area (Å²) < 4.78 is 0. The van der Waals surface area contributed by atoms with Crippen LogP contribution >= 0.6 is 0 Å². The number of rotatable bonds is 5. The number of hydrogen-bond donors (Lipinski definition) is 1. The molecule has 1 rings (SSSR count). The van der Waals surface area contributed by atoms with Gasteiger partial charge in [-0.3, -0.25) is 4.79 Å². The second kappa shape index (κ2) is 4.97. The van der Waals surface area contributed by atoms with Gasteiger partial charge in [-0.05, 0) is 46.5 Å². The third-order valence-corrected chi connectivity index (χ3v) is 2.68. The van der Waals surface area contributed by atoms with Gasteiger partial charge in [-0.1, -0.05) is 0 Å². The highest BCUT2D eigenvalue weighted by Crippen LogP contribution is 2.29. The summed E-state index contributed by atoms with van der Waals surface area (Å²) in [7, 11) is 0. The van der Waals surface area contributed by atoms with Gasteiger partial charge in [0.25, 0.3) is 0 Å². The van der Waals surface area contributed by atoms with E-state index < -0.39 is 0 Å². The van der Waals surface area contributed by atoms with E-state index in [0.717, 1.165) is 19.0 Å². The second-order valence-electron chi connectivity index (χ2n) is 5.48. The number of amides is 1. The van der Waals surface area contributed by atoms with E-state index in [4.69, 9.17) is 0 Å². The Labute approximate surface area is 93.2 Å². The van der Waals surface area contributed by atoms with Crippen LogP contribution in [-0.2, 0) is 4.79 Å². The lowest BCUT2D eigenvalue weighted by Crippen LogP contribution is -2.45. The third-order valence-electron chi connectivity index (χ3n) is 2.68. The van der Waals surface area contributed by atoms with Crippen molar-refractivity contribution in [1.29, 1.82) is 0 Å². The van der Waals surface area contributed by atoms with Crippen LogP contribution < -0.4 is 5.32 Å². The molecule has 0 radical (unpaired) electrons. The minimum absolute atomic E-state index is 0.0225. The Morgan fingerprint density at radius 1 is 1.40 bits per heavy atom. The molecule has 1 N–H and O–H groups in total. The number of carbonyl (C=O) groups is 1. The lowest BCUT2D eigenvalue weighted by Gasteiger charge is -2.25. The molecule has 3 heteroatoms. The first-order valence-corrected chi connectivity index (χ1v) is 5.95. The van der Waals surface area contributed by atoms with Crippen molar-refractivity contribution < 1.29 is 4.79 Å². The monoisotopic (exact) mass is 212 g/mol. The Kier molecular flexibility index (Phi) is 4.14. The van der Waals surface area contributed by atoms with Crippen LogP contribution in [0, 0.1) is 5.92 Å². The Hall–Kier alpha value is -0.570. The van der Waals surface area contributed by atoms with Crippen LogP contribution in [0.1, 0.15) is 40.5 Å². The number of carbonyl (C=O) groups excluding carboxylic acids is 1. The molecule has 0 bridgehead atoms. The zero-order valence-corrected chi connectivity index (χ0v) is 10.5. The minimum atomic E-state index is 0.0225. The van der Waals surface area contributed by atoms with Crippen LogP contribution in [0.2, 0.25) is 0 Å². The van der Waals surface area contributed by atoms with E-state index in [2.05, 4.69) is 33.0 Å². The van der Waals surface area contributed by atoms with Gasteiger partial charge in [-0.25, -0.2) is 0 Å². The summed E-state index contributed by atoms with van der Waals surface area (Å²) in [6, 6.07) is 0. The lowest BCUT2D eigenvalue weighted by molar-refractivity contribution is -0.130. The fraction of sp³-hybridized carbons (Fsp3) is 0.917. The zero-order valence-electron chi connectivity index (χ0n) is 10.5. The fourth-order valence-corrected chi connectivity index (χ4v) is 1.47. The van der Waals surface area contributed by atoms with Crippen LogP contribution in [0.5, 0.6) is 0 Å². The molecule has 88 valence electrons. The van der Waals surface area contributed by atoms with Gasteiger partial charge >= 0.3 is 0 Å². The molecule has 0 aromatic heterocycles. The van der Waals surface area contributed by atoms with Crippen LogP contribution in [0.4, 0.5) is 0 Å². The fourth-order valence-electron chi connectivity index (χ4n) is 1.47. The summed E-state index contributed by atoms with van der Waals surface area (Å²) in [6.45, 7) is 10.6. The Morgan fingerprint density at radius 2 is 2.00 bits per heavy atom. The molecule has 1 amide bonds. The van der Waals surface area contributed by atoms with E-state index in [1.54, 1.807) is 0 Å². The molecule has 15 heavy (non-hydrogen) atoms. The molecule has 0 aromatic rings. The highest BCUT2D eigenvalue weighted by Gasteiger charge is 2.26. The predicted molar refractivity (Wildman–Crippen MR) is 62.7 cm³/mol. The molecule has 0 unspecified atom stereocenters. The van der Waals surface area contributed by atoms with Crippen molar-refractivity contribution in [3.8, 4) is 0 Å². The maximum absolute atomic E-state index is 11.8. The van der Waals surface area contributed by atoms with Gasteiger partial charge < -0.3 is 10.2 Å². The van der Waals surface area contributed by atoms with Gasteiger partial charge in [0.05, 0.1) is 6.54 Å². The summed E-state index contributed by atoms with van der Waals surface area (Å²) in [5.41, 5.74) is 0.0225. The van der Waals surface area contributed by atoms with Crippen molar-refractivity contribution in [3.63, 3.8) is 0 Å². The molecule has 1 saturated carbocycles. The number of likely N-dealkylation sites (N-methyl/N-ethyl adjacent to an activating group) is 1. The van der Waals surface area contributed by atoms with Crippen LogP contribution in [0.3, 0.4) is 0 Å². The molecule has 0 saturated heterocycles. The predicted octanol–water partition coefficient (Wildman–Crippen LogP) is 1.63. The average Bonchev–Trinajstić information content (AvgIpc) is 2.92. The number of nitrogens with one attached hydrogen (secondary N) is 1. The van der Waals surface area contributed by atoms with E-state index >= 15 is 0 Å². The summed E-state index contributed by atoms with van der Waals surface area (Å²) >= 11 is 0. The quantitative estimate of drug-likeness (QED) is 0.751. The average molecular weight is 212 g/mol. The van der Waals surface area contributed by atoms with E-state index in [1.165, 1.54) is 12.8 Å². The topological polar surface area (TPSA) is 32.3 Å². The van der Waals surface area contributed by atoms with Crippen molar-refractivity contribution in [2.45, 2.75) is 46.1 Å². The van der Waals surface area contributed by atoms with E-state index in [0.29, 0.717) is 6.54 Å². The normalized spacial score (nSPS) is 16.5. The summed E-state index contributed by atoms with van der Waals surface area (Å²) in [5, 5.41) is 3.24. The molecule has 3 nitrogen and oxygen atoms in total. The largest absolute Gasteiger partial charge is 0.342 e. The van der Waals surface area contributed by atoms with Gasteiger partial charge in [0.2, 0.25) is 5.91 Å². The van der Waals surface area contributed by atoms with E-state index in [-0.39, 0.29) is 11.4 Å². The molecule has 0 spiro atoms. The van der Waals surface area contributed by atoms with Crippen molar-refractivity contribution >= 4 is 5.91 Å². The highest BCUT2D eigenvalue weighted by molar-refractivity contribution is 5.78. The van der Waals surface area contributed by atoms with Crippen LogP contribution in [-0.4, -0.2) is 36.0 Å². The van der Waals surface area contributed by atoms with Crippen molar-refractivity contribution in [3.05, 3.63) is 0 Å². The molecule has 1 fully saturated rings. The van der Waals surface area contributed by atoms with Crippen LogP contribution in [0.15, 0.2) is 0 Å². The Bertz CT molecular complexity index is 216. The first kappa shape index (κ1) is 12.5. The van der Waals surface area contributed by atoms with E-state index in [9.17, 15) is 4.79 Å². The maximum atomic E-state index is 11.8. The maximum Gasteiger partial charge on any atom is 0.236 e. The SMILES string of the molecule is CCN(CC1CC1)C(=O)CNC(C)(C)C. The minimum Gasteiger partial charge on any atom is -0.342 e. The van der Waals surface area contributed by atoms with Gasteiger partial charge in [-0.2, -0.15) is 0 Å². The van der Waals surface area contributed by atoms with Crippen LogP contribution in [0.25, 0.3) is 0 Å². The molecule has 0 aliphatic heterocycles. The standard InChI is InChI=1S/C12H24N2O/c1-5-14(9-10-6-7-10)11(15)8-13-12(2,3)4/h10,13H,5-9H2,1-4H3. The van der Waals surface area contributed by atoms with Gasteiger partial charge in [0.1, 0.15) is 0 Å². The third kappa shape index (κ3) is 5.17. The second-order valence-corrected chi connectivity index (χ2v) is 5.48. The molecule has 1 aliphatic carbocycles.